The van der Waals surface area contributed by atoms with E-state index in [4.69, 9.17) is 0 Å². The summed E-state index contributed by atoms with van der Waals surface area (Å²) in [5, 5.41) is 4.19. The number of benzene rings is 3. The third-order valence-electron chi connectivity index (χ3n) is 5.74. The predicted molar refractivity (Wildman–Crippen MR) is 163 cm³/mol. The molecule has 6 rings (SSSR count). The second-order valence-corrected chi connectivity index (χ2v) is 10.6. The summed E-state index contributed by atoms with van der Waals surface area (Å²) in [6.45, 7) is 3.01. The van der Waals surface area contributed by atoms with Crippen LogP contribution in [0.1, 0.15) is 6.92 Å². The minimum absolute atomic E-state index is 0. The number of amidine groups is 1. The summed E-state index contributed by atoms with van der Waals surface area (Å²) < 4.78 is 0. The first kappa shape index (κ1) is 34.9. The van der Waals surface area contributed by atoms with Gasteiger partial charge in [-0.25, -0.2) is 0 Å². The van der Waals surface area contributed by atoms with Gasteiger partial charge in [0.15, 0.2) is 0 Å². The molecular weight excluding hydrogens is 669 g/mol. The molecule has 2 fully saturated rings. The van der Waals surface area contributed by atoms with Crippen LogP contribution in [0.15, 0.2) is 96.0 Å². The molecular formula is C33H31ClFeN2OPPd+2. The fourth-order valence-corrected chi connectivity index (χ4v) is 6.33. The van der Waals surface area contributed by atoms with Crippen LogP contribution in [0.3, 0.4) is 0 Å². The van der Waals surface area contributed by atoms with Crippen LogP contribution in [0.5, 0.6) is 0 Å². The number of hydrogen-bond acceptors (Lipinski definition) is 2. The van der Waals surface area contributed by atoms with E-state index in [1.165, 1.54) is 15.9 Å². The monoisotopic (exact) mass is 699 g/mol. The van der Waals surface area contributed by atoms with Crippen molar-refractivity contribution < 1.29 is 40.0 Å². The number of nitrogens with zero attached hydrogens (tertiary/aromatic N) is 2. The van der Waals surface area contributed by atoms with Crippen molar-refractivity contribution in [3.63, 3.8) is 0 Å². The smallest absolute Gasteiger partial charge is 0.0622 e. The Kier molecular flexibility index (Phi) is 17.9. The van der Waals surface area contributed by atoms with E-state index < -0.39 is 7.92 Å². The topological polar surface area (TPSA) is 32.7 Å². The quantitative estimate of drug-likeness (QED) is 0.193. The Balaban J connectivity index is 0.000000231. The summed E-state index contributed by atoms with van der Waals surface area (Å²) >= 11 is 2.22. The van der Waals surface area contributed by atoms with E-state index in [1.807, 2.05) is 57.8 Å². The number of carbonyl (C=O) groups excluding carboxylic acids is 1. The minimum atomic E-state index is -0.446. The Morgan fingerprint density at radius 1 is 0.775 bits per heavy atom. The molecule has 2 saturated carbocycles. The van der Waals surface area contributed by atoms with E-state index >= 15 is 0 Å². The van der Waals surface area contributed by atoms with Gasteiger partial charge in [-0.3, -0.25) is 9.79 Å². The van der Waals surface area contributed by atoms with Gasteiger partial charge < -0.3 is 11.3 Å². The van der Waals surface area contributed by atoms with Crippen LogP contribution in [0.25, 0.3) is 0 Å². The average Bonchev–Trinajstić information content (AvgIpc) is 3.81. The van der Waals surface area contributed by atoms with Gasteiger partial charge in [-0.1, -0.05) is 104 Å². The van der Waals surface area contributed by atoms with Crippen LogP contribution in [0, 0.1) is 63.7 Å². The van der Waals surface area contributed by atoms with Crippen molar-refractivity contribution in [2.75, 3.05) is 13.1 Å². The maximum absolute atomic E-state index is 11.2. The molecule has 3 aromatic carbocycles. The fourth-order valence-electron chi connectivity index (χ4n) is 4.02. The number of hydrogen-bond donors (Lipinski definition) is 0. The zero-order valence-electron chi connectivity index (χ0n) is 22.1. The standard InChI is InChI=1S/C18H15P.C10H11N2O.C5H5.ClH.Fe.Pd/c1-4-10-16(11-5-1)19(17-12-6-2-7-13-17)18-14-8-3-9-15-18;1-8(13)12-7-6-11-10(12)9-4-2-3-5-9;1-2-4-5-3-1;;;/h1-15H;2-5H,6-7H2,1H3;1-5H;1H;;/q;-1;;;2*+2/p-1. The molecule has 9 radical (unpaired) electrons. The molecule has 3 aromatic rings. The number of carbonyl (C=O) groups is 1. The summed E-state index contributed by atoms with van der Waals surface area (Å²) in [4.78, 5) is 17.2. The molecule has 207 valence electrons. The summed E-state index contributed by atoms with van der Waals surface area (Å²) in [5.41, 5.74) is 0. The number of rotatable bonds is 4. The first-order valence-electron chi connectivity index (χ1n) is 12.5. The average molecular weight is 700 g/mol. The SMILES string of the molecule is CC(=O)N1CCN=C1[C]1[CH][CH][CH][CH-]1.[CH]1[CH][CH][CH][CH]1.[Cl][Pd+].[Fe+2].c1ccc(P(c2ccccc2)c2ccccc2)cc1. The maximum atomic E-state index is 11.2. The third-order valence-corrected chi connectivity index (χ3v) is 8.18. The summed E-state index contributed by atoms with van der Waals surface area (Å²) in [6, 6.07) is 32.3. The molecule has 0 aromatic heterocycles. The Labute approximate surface area is 268 Å². The van der Waals surface area contributed by atoms with Crippen molar-refractivity contribution >= 4 is 45.1 Å². The predicted octanol–water partition coefficient (Wildman–Crippen LogP) is 5.80. The molecule has 40 heavy (non-hydrogen) atoms. The van der Waals surface area contributed by atoms with E-state index in [2.05, 4.69) is 124 Å². The number of halogens is 1. The van der Waals surface area contributed by atoms with Crippen LogP contribution in [0.2, 0.25) is 0 Å². The van der Waals surface area contributed by atoms with Crippen molar-refractivity contribution in [3.8, 4) is 0 Å². The zero-order valence-corrected chi connectivity index (χ0v) is 26.4. The van der Waals surface area contributed by atoms with Crippen molar-refractivity contribution in [1.29, 1.82) is 0 Å². The molecule has 0 N–H and O–H groups in total. The van der Waals surface area contributed by atoms with E-state index in [9.17, 15) is 4.79 Å². The summed E-state index contributed by atoms with van der Waals surface area (Å²) in [6.07, 6.45) is 17.9. The normalized spacial score (nSPS) is 15.9. The van der Waals surface area contributed by atoms with E-state index in [0.29, 0.717) is 0 Å². The maximum Gasteiger partial charge on any atom is 2.00 e. The second-order valence-electron chi connectivity index (χ2n) is 8.35. The van der Waals surface area contributed by atoms with E-state index in [0.717, 1.165) is 24.8 Å². The van der Waals surface area contributed by atoms with E-state index in [1.54, 1.807) is 11.8 Å². The van der Waals surface area contributed by atoms with Crippen molar-refractivity contribution in [2.45, 2.75) is 6.92 Å². The Morgan fingerprint density at radius 2 is 1.20 bits per heavy atom. The molecule has 2 aliphatic carbocycles. The van der Waals surface area contributed by atoms with Gasteiger partial charge in [-0.15, -0.1) is 5.92 Å². The van der Waals surface area contributed by atoms with Gasteiger partial charge in [-0.2, -0.15) is 6.42 Å². The molecule has 1 aliphatic heterocycles. The molecule has 3 nitrogen and oxygen atoms in total. The molecule has 0 atom stereocenters. The largest absolute Gasteiger partial charge is 2.00 e. The second kappa shape index (κ2) is 20.6. The minimum Gasteiger partial charge on any atom is -0.0622 e. The van der Waals surface area contributed by atoms with Gasteiger partial charge in [0.1, 0.15) is 0 Å². The van der Waals surface area contributed by atoms with Crippen molar-refractivity contribution in [2.24, 2.45) is 4.99 Å². The molecule has 1 heterocycles. The van der Waals surface area contributed by atoms with Gasteiger partial charge >= 0.3 is 44.8 Å². The molecule has 0 bridgehead atoms. The zero-order chi connectivity index (χ0) is 27.7. The molecule has 7 heteroatoms. The van der Waals surface area contributed by atoms with Gasteiger partial charge in [0.05, 0.1) is 12.4 Å². The van der Waals surface area contributed by atoms with Gasteiger partial charge in [0.2, 0.25) is 5.91 Å². The van der Waals surface area contributed by atoms with Gasteiger partial charge in [0, 0.05) is 13.5 Å². The van der Waals surface area contributed by atoms with Crippen LogP contribution in [-0.4, -0.2) is 29.7 Å². The summed E-state index contributed by atoms with van der Waals surface area (Å²) in [5.74, 6) is 1.92. The van der Waals surface area contributed by atoms with Crippen LogP contribution < -0.4 is 15.9 Å². The van der Waals surface area contributed by atoms with Crippen LogP contribution >= 0.6 is 17.5 Å². The molecule has 0 unspecified atom stereocenters. The first-order chi connectivity index (χ1) is 19.2. The van der Waals surface area contributed by atoms with E-state index in [-0.39, 0.29) is 23.0 Å². The first-order valence-corrected chi connectivity index (χ1v) is 15.9. The third kappa shape index (κ3) is 11.2. The van der Waals surface area contributed by atoms with Crippen LogP contribution in [-0.2, 0) is 40.0 Å². The molecule has 3 aliphatic rings. The molecule has 1 amide bonds. The number of aliphatic imine (C=N–C) groups is 1. The van der Waals surface area contributed by atoms with Gasteiger partial charge in [-0.05, 0) is 55.9 Å². The molecule has 0 saturated heterocycles. The van der Waals surface area contributed by atoms with Crippen molar-refractivity contribution in [1.82, 2.24) is 4.90 Å². The van der Waals surface area contributed by atoms with Crippen LogP contribution in [0.4, 0.5) is 0 Å². The van der Waals surface area contributed by atoms with Crippen molar-refractivity contribution in [3.05, 3.63) is 155 Å². The number of amides is 1. The van der Waals surface area contributed by atoms with Gasteiger partial charge in [0.25, 0.3) is 0 Å². The Bertz CT molecular complexity index is 1010. The Hall–Kier alpha value is -1.30. The fraction of sp³-hybridized carbons (Fsp3) is 0.0909. The summed E-state index contributed by atoms with van der Waals surface area (Å²) in [7, 11) is 4.04. The Morgan fingerprint density at radius 3 is 1.55 bits per heavy atom. The molecule has 0 spiro atoms.